The smallest absolute Gasteiger partial charge is 0.309 e. The average Bonchev–Trinajstić information content (AvgIpc) is 2.96. The fraction of sp³-hybridized carbons (Fsp3) is 0.857. The Kier molecular flexibility index (Phi) is 20.0. The van der Waals surface area contributed by atoms with Crippen molar-refractivity contribution in [2.45, 2.75) is 53.4 Å². The van der Waals surface area contributed by atoms with Crippen LogP contribution in [0.4, 0.5) is 0 Å². The highest BCUT2D eigenvalue weighted by Gasteiger charge is 2.15. The summed E-state index contributed by atoms with van der Waals surface area (Å²) in [5.74, 6) is -2.27. The van der Waals surface area contributed by atoms with Gasteiger partial charge in [-0.15, -0.1) is 0 Å². The van der Waals surface area contributed by atoms with Crippen LogP contribution in [0.25, 0.3) is 0 Å². The molecule has 1 heterocycles. The topological polar surface area (TPSA) is 129 Å². The van der Waals surface area contributed by atoms with Gasteiger partial charge >= 0.3 is 23.6 Å². The van der Waals surface area contributed by atoms with Crippen molar-refractivity contribution >= 4 is 23.6 Å². The molecular formula is C28H56N8O4. The summed E-state index contributed by atoms with van der Waals surface area (Å²) in [7, 11) is 0. The third-order valence-electron chi connectivity index (χ3n) is 7.41. The van der Waals surface area contributed by atoms with Crippen LogP contribution in [0.3, 0.4) is 0 Å². The van der Waals surface area contributed by atoms with Crippen molar-refractivity contribution in [2.24, 2.45) is 0 Å². The van der Waals surface area contributed by atoms with Gasteiger partial charge in [0.05, 0.1) is 0 Å². The van der Waals surface area contributed by atoms with E-state index in [1.165, 1.54) is 0 Å². The highest BCUT2D eigenvalue weighted by atomic mass is 16.2. The molecule has 0 spiro atoms. The third-order valence-corrected chi connectivity index (χ3v) is 7.41. The molecule has 12 heteroatoms. The number of nitrogens with one attached hydrogen (secondary N) is 4. The van der Waals surface area contributed by atoms with Gasteiger partial charge < -0.3 is 40.9 Å². The summed E-state index contributed by atoms with van der Waals surface area (Å²) in [6, 6.07) is 0. The maximum atomic E-state index is 12.2. The fourth-order valence-electron chi connectivity index (χ4n) is 4.62. The molecule has 0 aromatic heterocycles. The summed E-state index contributed by atoms with van der Waals surface area (Å²) >= 11 is 0. The highest BCUT2D eigenvalue weighted by molar-refractivity contribution is 6.35. The molecule has 0 bridgehead atoms. The van der Waals surface area contributed by atoms with Gasteiger partial charge in [0.25, 0.3) is 0 Å². The number of hydrogen-bond acceptors (Lipinski definition) is 8. The van der Waals surface area contributed by atoms with Crippen LogP contribution in [0.1, 0.15) is 53.4 Å². The maximum absolute atomic E-state index is 12.2. The molecule has 1 fully saturated rings. The Balaban J connectivity index is 2.65. The van der Waals surface area contributed by atoms with Crippen LogP contribution < -0.4 is 21.3 Å². The molecule has 232 valence electrons. The van der Waals surface area contributed by atoms with E-state index in [1.807, 2.05) is 0 Å². The Morgan fingerprint density at radius 2 is 0.600 bits per heavy atom. The van der Waals surface area contributed by atoms with E-state index < -0.39 is 23.6 Å². The quantitative estimate of drug-likeness (QED) is 0.328. The predicted octanol–water partition coefficient (Wildman–Crippen LogP) is -0.687. The van der Waals surface area contributed by atoms with Crippen LogP contribution in [0.15, 0.2) is 0 Å². The molecule has 12 nitrogen and oxygen atoms in total. The number of nitrogens with zero attached hydrogens (tertiary/aromatic N) is 4. The van der Waals surface area contributed by atoms with E-state index in [1.54, 1.807) is 0 Å². The molecule has 0 atom stereocenters. The van der Waals surface area contributed by atoms with Crippen LogP contribution >= 0.6 is 0 Å². The Hall–Kier alpha value is -2.28. The normalized spacial score (nSPS) is 21.9. The van der Waals surface area contributed by atoms with Crippen molar-refractivity contribution in [2.75, 3.05) is 105 Å². The summed E-state index contributed by atoms with van der Waals surface area (Å²) in [5.41, 5.74) is 0. The second kappa shape index (κ2) is 22.4. The first-order valence-corrected chi connectivity index (χ1v) is 15.4. The highest BCUT2D eigenvalue weighted by Crippen LogP contribution is 1.98. The van der Waals surface area contributed by atoms with Gasteiger partial charge in [-0.2, -0.15) is 0 Å². The van der Waals surface area contributed by atoms with Gasteiger partial charge in [0.15, 0.2) is 0 Å². The molecule has 1 rings (SSSR count). The minimum atomic E-state index is -0.567. The summed E-state index contributed by atoms with van der Waals surface area (Å²) in [4.78, 5) is 58.0. The molecule has 1 aliphatic heterocycles. The monoisotopic (exact) mass is 568 g/mol. The Labute approximate surface area is 241 Å². The zero-order valence-electron chi connectivity index (χ0n) is 25.6. The predicted molar refractivity (Wildman–Crippen MR) is 159 cm³/mol. The molecule has 0 saturated carbocycles. The first kappa shape index (κ1) is 35.7. The van der Waals surface area contributed by atoms with E-state index in [0.717, 1.165) is 104 Å². The Morgan fingerprint density at radius 1 is 0.400 bits per heavy atom. The molecular weight excluding hydrogens is 512 g/mol. The SMILES string of the molecule is CCN1CCCNC(=O)C(=O)NCCCN(CC)CCN(CC)CCCNC(=O)C(=O)NCCCN(CC)CC1. The third kappa shape index (κ3) is 16.1. The van der Waals surface area contributed by atoms with Gasteiger partial charge in [-0.25, -0.2) is 0 Å². The minimum Gasteiger partial charge on any atom is -0.348 e. The van der Waals surface area contributed by atoms with Gasteiger partial charge in [-0.3, -0.25) is 19.2 Å². The molecule has 0 radical (unpaired) electrons. The first-order chi connectivity index (χ1) is 19.3. The molecule has 40 heavy (non-hydrogen) atoms. The van der Waals surface area contributed by atoms with Crippen molar-refractivity contribution < 1.29 is 19.2 Å². The van der Waals surface area contributed by atoms with E-state index in [0.29, 0.717) is 26.2 Å². The first-order valence-electron chi connectivity index (χ1n) is 15.4. The fourth-order valence-corrected chi connectivity index (χ4v) is 4.62. The number of rotatable bonds is 4. The number of carbonyl (C=O) groups is 4. The van der Waals surface area contributed by atoms with Crippen LogP contribution in [0, 0.1) is 0 Å². The summed E-state index contributed by atoms with van der Waals surface area (Å²) in [5, 5.41) is 11.0. The number of likely N-dealkylation sites (N-methyl/N-ethyl adjacent to an activating group) is 4. The summed E-state index contributed by atoms with van der Waals surface area (Å²) in [6.07, 6.45) is 3.08. The second-order valence-corrected chi connectivity index (χ2v) is 10.2. The molecule has 0 unspecified atom stereocenters. The van der Waals surface area contributed by atoms with Crippen molar-refractivity contribution in [1.29, 1.82) is 0 Å². The van der Waals surface area contributed by atoms with Crippen LogP contribution in [-0.2, 0) is 19.2 Å². The van der Waals surface area contributed by atoms with Crippen molar-refractivity contribution in [1.82, 2.24) is 40.9 Å². The lowest BCUT2D eigenvalue weighted by Crippen LogP contribution is -2.43. The zero-order valence-corrected chi connectivity index (χ0v) is 25.6. The van der Waals surface area contributed by atoms with Crippen LogP contribution in [-0.4, -0.2) is 148 Å². The Bertz CT molecular complexity index is 619. The van der Waals surface area contributed by atoms with Crippen molar-refractivity contribution in [3.05, 3.63) is 0 Å². The Morgan fingerprint density at radius 3 is 0.775 bits per heavy atom. The van der Waals surface area contributed by atoms with E-state index in [4.69, 9.17) is 0 Å². The molecule has 0 aliphatic carbocycles. The summed E-state index contributed by atoms with van der Waals surface area (Å²) in [6.45, 7) is 20.9. The van der Waals surface area contributed by atoms with E-state index >= 15 is 0 Å². The average molecular weight is 569 g/mol. The minimum absolute atomic E-state index is 0.463. The van der Waals surface area contributed by atoms with Gasteiger partial charge in [0.2, 0.25) is 0 Å². The number of amides is 4. The summed E-state index contributed by atoms with van der Waals surface area (Å²) < 4.78 is 0. The molecule has 1 saturated heterocycles. The zero-order chi connectivity index (χ0) is 29.6. The van der Waals surface area contributed by atoms with Crippen LogP contribution in [0.5, 0.6) is 0 Å². The van der Waals surface area contributed by atoms with E-state index in [2.05, 4.69) is 68.6 Å². The standard InChI is InChI=1S/C28H56N8O4/c1-5-33-17-9-13-29-25(37)26(38)31-15-11-19-35(7-3)23-24-36(8-4)20-12-16-32-28(40)27(39)30-14-10-18-34(6-2)22-21-33/h5-24H2,1-4H3,(H,29,37)(H,30,39)(H,31,38)(H,32,40). The van der Waals surface area contributed by atoms with Crippen LogP contribution in [0.2, 0.25) is 0 Å². The molecule has 4 amide bonds. The lowest BCUT2D eigenvalue weighted by molar-refractivity contribution is -0.139. The molecule has 0 aromatic rings. The lowest BCUT2D eigenvalue weighted by Gasteiger charge is -2.26. The van der Waals surface area contributed by atoms with Gasteiger partial charge in [0, 0.05) is 52.4 Å². The maximum Gasteiger partial charge on any atom is 0.309 e. The van der Waals surface area contributed by atoms with Crippen molar-refractivity contribution in [3.8, 4) is 0 Å². The second-order valence-electron chi connectivity index (χ2n) is 10.2. The van der Waals surface area contributed by atoms with E-state index in [-0.39, 0.29) is 0 Å². The number of carbonyl (C=O) groups excluding carboxylic acids is 4. The molecule has 4 N–H and O–H groups in total. The van der Waals surface area contributed by atoms with E-state index in [9.17, 15) is 19.2 Å². The molecule has 1 aliphatic rings. The van der Waals surface area contributed by atoms with Gasteiger partial charge in [-0.05, 0) is 78.0 Å². The van der Waals surface area contributed by atoms with Crippen molar-refractivity contribution in [3.63, 3.8) is 0 Å². The van der Waals surface area contributed by atoms with Gasteiger partial charge in [0.1, 0.15) is 0 Å². The molecule has 0 aromatic carbocycles. The largest absolute Gasteiger partial charge is 0.348 e. The lowest BCUT2D eigenvalue weighted by atomic mass is 10.3. The number of hydrogen-bond donors (Lipinski definition) is 4. The van der Waals surface area contributed by atoms with Gasteiger partial charge in [-0.1, -0.05) is 27.7 Å².